The van der Waals surface area contributed by atoms with E-state index < -0.39 is 23.2 Å². The second-order valence-corrected chi connectivity index (χ2v) is 11.4. The van der Waals surface area contributed by atoms with Crippen molar-refractivity contribution in [2.24, 2.45) is 5.84 Å². The molecular weight excluding hydrogens is 580 g/mol. The molecule has 11 heteroatoms. The van der Waals surface area contributed by atoms with E-state index in [4.69, 9.17) is 15.3 Å². The molecule has 43 heavy (non-hydrogen) atoms. The third-order valence-electron chi connectivity index (χ3n) is 7.85. The van der Waals surface area contributed by atoms with E-state index in [2.05, 4.69) is 0 Å². The Bertz CT molecular complexity index is 1490. The second kappa shape index (κ2) is 13.3. The molecule has 0 saturated carbocycles. The van der Waals surface area contributed by atoms with Crippen molar-refractivity contribution in [3.8, 4) is 22.6 Å². The third kappa shape index (κ3) is 7.44. The van der Waals surface area contributed by atoms with Crippen molar-refractivity contribution in [2.75, 3.05) is 26.2 Å². The van der Waals surface area contributed by atoms with Crippen LogP contribution in [0.1, 0.15) is 54.9 Å². The molecule has 2 fully saturated rings. The minimum Gasteiger partial charge on any atom is -0.488 e. The van der Waals surface area contributed by atoms with E-state index in [0.717, 1.165) is 37.0 Å². The van der Waals surface area contributed by atoms with Crippen molar-refractivity contribution in [1.29, 1.82) is 0 Å². The zero-order valence-corrected chi connectivity index (χ0v) is 24.9. The molecule has 0 aromatic heterocycles. The maximum absolute atomic E-state index is 14.2. The zero-order chi connectivity index (χ0) is 30.0. The van der Waals surface area contributed by atoms with Crippen LogP contribution in [0.15, 0.2) is 60.7 Å². The normalized spacial score (nSPS) is 19.0. The monoisotopic (exact) mass is 615 g/mol. The Kier molecular flexibility index (Phi) is 9.94. The summed E-state index contributed by atoms with van der Waals surface area (Å²) in [6.45, 7) is 5.25. The highest BCUT2D eigenvalue weighted by Gasteiger charge is 2.31. The van der Waals surface area contributed by atoms with Crippen molar-refractivity contribution < 1.29 is 33.0 Å². The highest BCUT2D eigenvalue weighted by molar-refractivity contribution is 5.96. The number of rotatable bonds is 8. The van der Waals surface area contributed by atoms with Gasteiger partial charge in [-0.15, -0.1) is 12.4 Å². The summed E-state index contributed by atoms with van der Waals surface area (Å²) < 4.78 is 39.9. The van der Waals surface area contributed by atoms with Crippen molar-refractivity contribution in [1.82, 2.24) is 9.91 Å². The van der Waals surface area contributed by atoms with Crippen LogP contribution < -0.4 is 15.3 Å². The van der Waals surface area contributed by atoms with E-state index in [9.17, 15) is 23.5 Å². The van der Waals surface area contributed by atoms with Gasteiger partial charge in [-0.2, -0.15) is 0 Å². The topological polar surface area (TPSA) is 105 Å². The number of benzene rings is 3. The van der Waals surface area contributed by atoms with E-state index >= 15 is 0 Å². The number of carbonyl (C=O) groups is 2. The fraction of sp³-hybridized carbons (Fsp3) is 0.375. The lowest BCUT2D eigenvalue weighted by molar-refractivity contribution is -0.152. The minimum absolute atomic E-state index is 0. The first-order valence-corrected chi connectivity index (χ1v) is 14.1. The molecule has 2 atom stereocenters. The van der Waals surface area contributed by atoms with Gasteiger partial charge in [-0.1, -0.05) is 18.2 Å². The SMILES string of the molecule is CC(C)(Oc1cccc(C2CCCN(C(=O)c3ccc(O[C@H]4CCN(N)C4)c(-c4ccc(F)c(F)c4)c3)C2)c1)C(=O)O.Cl. The molecule has 0 radical (unpaired) electrons. The molecule has 0 aliphatic carbocycles. The van der Waals surface area contributed by atoms with Crippen LogP contribution in [-0.2, 0) is 4.79 Å². The van der Waals surface area contributed by atoms with Gasteiger partial charge >= 0.3 is 5.97 Å². The standard InChI is InChI=1S/C32H35F2N3O5.ClH/c1-32(2,31(39)40)42-24-7-3-5-20(15-24)23-6-4-13-36(18-23)30(38)22-9-11-29(41-25-12-14-37(35)19-25)26(16-22)21-8-10-27(33)28(34)17-21;/h3,5,7-11,15-17,23,25H,4,6,12-14,18-19,35H2,1-2H3,(H,39,40);1H/t23?,25-;/m0./s1. The second-order valence-electron chi connectivity index (χ2n) is 11.4. The molecule has 5 rings (SSSR count). The van der Waals surface area contributed by atoms with Gasteiger partial charge in [0, 0.05) is 43.2 Å². The summed E-state index contributed by atoms with van der Waals surface area (Å²) in [6.07, 6.45) is 2.21. The van der Waals surface area contributed by atoms with Crippen molar-refractivity contribution in [3.05, 3.63) is 83.4 Å². The number of hydrogen-bond acceptors (Lipinski definition) is 6. The summed E-state index contributed by atoms with van der Waals surface area (Å²) in [5.41, 5.74) is 0.890. The summed E-state index contributed by atoms with van der Waals surface area (Å²) in [5, 5.41) is 11.1. The minimum atomic E-state index is -1.38. The Labute approximate surface area is 255 Å². The number of nitrogens with zero attached hydrogens (tertiary/aromatic N) is 2. The maximum Gasteiger partial charge on any atom is 0.347 e. The fourth-order valence-corrected chi connectivity index (χ4v) is 5.47. The van der Waals surface area contributed by atoms with E-state index in [0.29, 0.717) is 54.4 Å². The molecular formula is C32H36ClF2N3O5. The first-order valence-electron chi connectivity index (χ1n) is 14.1. The Hall–Kier alpha value is -3.73. The lowest BCUT2D eigenvalue weighted by atomic mass is 9.90. The quantitative estimate of drug-likeness (QED) is 0.316. The van der Waals surface area contributed by atoms with Crippen LogP contribution in [0.25, 0.3) is 11.1 Å². The predicted octanol–water partition coefficient (Wildman–Crippen LogP) is 5.64. The van der Waals surface area contributed by atoms with E-state index in [-0.39, 0.29) is 30.3 Å². The molecule has 0 spiro atoms. The van der Waals surface area contributed by atoms with E-state index in [1.807, 2.05) is 18.2 Å². The Morgan fingerprint density at radius 2 is 1.77 bits per heavy atom. The van der Waals surface area contributed by atoms with Crippen molar-refractivity contribution >= 4 is 24.3 Å². The fourth-order valence-electron chi connectivity index (χ4n) is 5.47. The van der Waals surface area contributed by atoms with Gasteiger partial charge in [0.1, 0.15) is 17.6 Å². The van der Waals surface area contributed by atoms with Crippen LogP contribution >= 0.6 is 12.4 Å². The number of carboxylic acids is 1. The Morgan fingerprint density at radius 3 is 2.47 bits per heavy atom. The van der Waals surface area contributed by atoms with Crippen LogP contribution in [0.5, 0.6) is 11.5 Å². The smallest absolute Gasteiger partial charge is 0.347 e. The molecule has 1 unspecified atom stereocenters. The average molecular weight is 616 g/mol. The lowest BCUT2D eigenvalue weighted by Gasteiger charge is -2.33. The van der Waals surface area contributed by atoms with Crippen LogP contribution in [0.3, 0.4) is 0 Å². The highest BCUT2D eigenvalue weighted by atomic mass is 35.5. The number of aliphatic carboxylic acids is 1. The zero-order valence-electron chi connectivity index (χ0n) is 24.1. The molecule has 3 N–H and O–H groups in total. The number of carboxylic acid groups (broad SMARTS) is 1. The van der Waals surface area contributed by atoms with Gasteiger partial charge in [0.15, 0.2) is 17.2 Å². The molecule has 3 aromatic rings. The number of nitrogens with two attached hydrogens (primary N) is 1. The largest absolute Gasteiger partial charge is 0.488 e. The summed E-state index contributed by atoms with van der Waals surface area (Å²) in [5.74, 6) is 3.67. The molecule has 2 aliphatic heterocycles. The summed E-state index contributed by atoms with van der Waals surface area (Å²) in [6, 6.07) is 16.0. The number of halogens is 3. The first kappa shape index (κ1) is 32.2. The first-order chi connectivity index (χ1) is 20.0. The lowest BCUT2D eigenvalue weighted by Crippen LogP contribution is -2.39. The number of hydrazine groups is 1. The third-order valence-corrected chi connectivity index (χ3v) is 7.85. The van der Waals surface area contributed by atoms with Gasteiger partial charge in [-0.05, 0) is 86.7 Å². The van der Waals surface area contributed by atoms with E-state index in [1.165, 1.54) is 19.9 Å². The number of piperidine rings is 1. The Morgan fingerprint density at radius 1 is 0.977 bits per heavy atom. The Balaban J connectivity index is 0.00000423. The van der Waals surface area contributed by atoms with Gasteiger partial charge in [0.05, 0.1) is 0 Å². The number of hydrogen-bond donors (Lipinski definition) is 2. The summed E-state index contributed by atoms with van der Waals surface area (Å²) >= 11 is 0. The van der Waals surface area contributed by atoms with Crippen LogP contribution in [-0.4, -0.2) is 64.8 Å². The molecule has 8 nitrogen and oxygen atoms in total. The molecule has 1 amide bonds. The van der Waals surface area contributed by atoms with Gasteiger partial charge in [0.25, 0.3) is 5.91 Å². The van der Waals surface area contributed by atoms with Crippen LogP contribution in [0.4, 0.5) is 8.78 Å². The predicted molar refractivity (Wildman–Crippen MR) is 160 cm³/mol. The average Bonchev–Trinajstić information content (AvgIpc) is 3.38. The number of amides is 1. The van der Waals surface area contributed by atoms with Crippen LogP contribution in [0.2, 0.25) is 0 Å². The van der Waals surface area contributed by atoms with Gasteiger partial charge in [-0.3, -0.25) is 10.6 Å². The number of likely N-dealkylation sites (tertiary alicyclic amines) is 1. The summed E-state index contributed by atoms with van der Waals surface area (Å²) in [4.78, 5) is 27.0. The van der Waals surface area contributed by atoms with Gasteiger partial charge in [0.2, 0.25) is 0 Å². The van der Waals surface area contributed by atoms with Crippen LogP contribution in [0, 0.1) is 11.6 Å². The molecule has 2 heterocycles. The number of ether oxygens (including phenoxy) is 2. The molecule has 3 aromatic carbocycles. The number of carbonyl (C=O) groups excluding carboxylic acids is 1. The van der Waals surface area contributed by atoms with E-state index in [1.54, 1.807) is 34.2 Å². The molecule has 0 bridgehead atoms. The van der Waals surface area contributed by atoms with Crippen molar-refractivity contribution in [2.45, 2.75) is 50.7 Å². The highest BCUT2D eigenvalue weighted by Crippen LogP contribution is 2.35. The molecule has 2 saturated heterocycles. The van der Waals surface area contributed by atoms with Gasteiger partial charge < -0.3 is 19.5 Å². The summed E-state index contributed by atoms with van der Waals surface area (Å²) in [7, 11) is 0. The van der Waals surface area contributed by atoms with Gasteiger partial charge in [-0.25, -0.2) is 18.6 Å². The van der Waals surface area contributed by atoms with Crippen molar-refractivity contribution in [3.63, 3.8) is 0 Å². The maximum atomic E-state index is 14.2. The molecule has 230 valence electrons. The molecule has 2 aliphatic rings.